The Kier molecular flexibility index (Phi) is 6.83. The normalized spacial score (nSPS) is 13.1. The van der Waals surface area contributed by atoms with Crippen LogP contribution in [-0.2, 0) is 20.7 Å². The summed E-state index contributed by atoms with van der Waals surface area (Å²) in [5, 5.41) is 4.90. The number of ether oxygens (including phenoxy) is 1. The van der Waals surface area contributed by atoms with Gasteiger partial charge in [0.2, 0.25) is 5.91 Å². The van der Waals surface area contributed by atoms with Gasteiger partial charge >= 0.3 is 5.97 Å². The summed E-state index contributed by atoms with van der Waals surface area (Å²) in [6.45, 7) is 5.43. The lowest BCUT2D eigenvalue weighted by molar-refractivity contribution is -0.154. The van der Waals surface area contributed by atoms with E-state index in [1.54, 1.807) is 19.1 Å². The van der Waals surface area contributed by atoms with Gasteiger partial charge in [-0.1, -0.05) is 68.4 Å². The molecular weight excluding hydrogens is 381 g/mol. The van der Waals surface area contributed by atoms with E-state index in [-0.39, 0.29) is 24.1 Å². The average molecular weight is 407 g/mol. The lowest BCUT2D eigenvalue weighted by atomic mass is 10.0. The number of rotatable bonds is 7. The molecule has 156 valence electrons. The van der Waals surface area contributed by atoms with Gasteiger partial charge < -0.3 is 10.1 Å². The smallest absolute Gasteiger partial charge is 0.329 e. The molecule has 1 amide bonds. The third-order valence-corrected chi connectivity index (χ3v) is 5.10. The molecule has 3 aromatic carbocycles. The first-order valence-electron chi connectivity index (χ1n) is 10.1. The molecule has 0 unspecified atom stereocenters. The van der Waals surface area contributed by atoms with Crippen LogP contribution in [0.3, 0.4) is 0 Å². The fraction of sp³-hybridized carbons (Fsp3) is 0.280. The van der Waals surface area contributed by atoms with Crippen molar-refractivity contribution in [2.24, 2.45) is 5.92 Å². The molecule has 1 N–H and O–H groups in total. The van der Waals surface area contributed by atoms with Crippen molar-refractivity contribution in [2.45, 2.75) is 39.3 Å². The fourth-order valence-corrected chi connectivity index (χ4v) is 3.39. The van der Waals surface area contributed by atoms with Crippen molar-refractivity contribution in [1.29, 1.82) is 0 Å². The number of carbonyl (C=O) groups excluding carboxylic acids is 2. The van der Waals surface area contributed by atoms with E-state index >= 15 is 0 Å². The second-order valence-electron chi connectivity index (χ2n) is 7.73. The molecule has 0 saturated carbocycles. The molecule has 0 aliphatic rings. The topological polar surface area (TPSA) is 55.4 Å². The van der Waals surface area contributed by atoms with Gasteiger partial charge in [-0.05, 0) is 46.9 Å². The fourth-order valence-electron chi connectivity index (χ4n) is 3.39. The molecule has 3 rings (SSSR count). The van der Waals surface area contributed by atoms with Crippen LogP contribution in [0.4, 0.5) is 4.39 Å². The molecule has 0 spiro atoms. The van der Waals surface area contributed by atoms with Gasteiger partial charge in [0, 0.05) is 0 Å². The van der Waals surface area contributed by atoms with Gasteiger partial charge in [0.05, 0.1) is 6.42 Å². The Balaban J connectivity index is 1.67. The van der Waals surface area contributed by atoms with Crippen molar-refractivity contribution in [2.75, 3.05) is 0 Å². The van der Waals surface area contributed by atoms with Crippen molar-refractivity contribution < 1.29 is 18.7 Å². The van der Waals surface area contributed by atoms with Crippen molar-refractivity contribution in [1.82, 2.24) is 5.32 Å². The highest BCUT2D eigenvalue weighted by Gasteiger charge is 2.27. The molecule has 30 heavy (non-hydrogen) atoms. The Bertz CT molecular complexity index is 1020. The molecule has 0 saturated heterocycles. The van der Waals surface area contributed by atoms with Crippen molar-refractivity contribution >= 4 is 22.6 Å². The Hall–Kier alpha value is -3.21. The van der Waals surface area contributed by atoms with Crippen LogP contribution >= 0.6 is 0 Å². The number of hydrogen-bond donors (Lipinski definition) is 1. The van der Waals surface area contributed by atoms with Crippen molar-refractivity contribution in [3.63, 3.8) is 0 Å². The Labute approximate surface area is 176 Å². The number of hydrogen-bond acceptors (Lipinski definition) is 3. The number of carbonyl (C=O) groups is 2. The van der Waals surface area contributed by atoms with Gasteiger partial charge in [-0.15, -0.1) is 0 Å². The van der Waals surface area contributed by atoms with E-state index in [0.717, 1.165) is 16.3 Å². The summed E-state index contributed by atoms with van der Waals surface area (Å²) < 4.78 is 18.7. The third-order valence-electron chi connectivity index (χ3n) is 5.10. The number of amides is 1. The number of nitrogens with one attached hydrogen (secondary N) is 1. The predicted octanol–water partition coefficient (Wildman–Crippen LogP) is 4.97. The summed E-state index contributed by atoms with van der Waals surface area (Å²) in [6.07, 6.45) is -0.375. The summed E-state index contributed by atoms with van der Waals surface area (Å²) in [5.74, 6) is -1.24. The summed E-state index contributed by atoms with van der Waals surface area (Å²) in [6, 6.07) is 18.8. The molecule has 0 radical (unpaired) electrons. The molecule has 3 aromatic rings. The maximum atomic E-state index is 13.1. The SMILES string of the molecule is CC(C)[C@H](NC(=O)Cc1cccc2ccccc12)C(=O)O[C@@H](C)c1ccc(F)cc1. The monoisotopic (exact) mass is 407 g/mol. The second-order valence-corrected chi connectivity index (χ2v) is 7.73. The van der Waals surface area contributed by atoms with E-state index in [2.05, 4.69) is 5.32 Å². The Morgan fingerprint density at radius 1 is 0.933 bits per heavy atom. The molecular formula is C25H26FNO3. The van der Waals surface area contributed by atoms with Crippen LogP contribution < -0.4 is 5.32 Å². The zero-order chi connectivity index (χ0) is 21.7. The van der Waals surface area contributed by atoms with E-state index in [0.29, 0.717) is 5.56 Å². The lowest BCUT2D eigenvalue weighted by Gasteiger charge is -2.23. The maximum absolute atomic E-state index is 13.1. The molecule has 0 aliphatic carbocycles. The molecule has 0 bridgehead atoms. The third kappa shape index (κ3) is 5.23. The van der Waals surface area contributed by atoms with E-state index < -0.39 is 18.1 Å². The van der Waals surface area contributed by atoms with Crippen LogP contribution in [0.5, 0.6) is 0 Å². The van der Waals surface area contributed by atoms with Crippen LogP contribution in [0.15, 0.2) is 66.7 Å². The second kappa shape index (κ2) is 9.53. The molecule has 4 nitrogen and oxygen atoms in total. The van der Waals surface area contributed by atoms with Crippen LogP contribution in [0.2, 0.25) is 0 Å². The minimum Gasteiger partial charge on any atom is -0.456 e. The van der Waals surface area contributed by atoms with Crippen molar-refractivity contribution in [3.05, 3.63) is 83.7 Å². The van der Waals surface area contributed by atoms with Gasteiger partial charge in [0.1, 0.15) is 18.0 Å². The summed E-state index contributed by atoms with van der Waals surface area (Å²) in [7, 11) is 0. The summed E-state index contributed by atoms with van der Waals surface area (Å²) >= 11 is 0. The summed E-state index contributed by atoms with van der Waals surface area (Å²) in [4.78, 5) is 25.4. The van der Waals surface area contributed by atoms with Gasteiger partial charge in [0.25, 0.3) is 0 Å². The van der Waals surface area contributed by atoms with Crippen molar-refractivity contribution in [3.8, 4) is 0 Å². The Morgan fingerprint density at radius 2 is 1.60 bits per heavy atom. The Morgan fingerprint density at radius 3 is 2.30 bits per heavy atom. The van der Waals surface area contributed by atoms with Crippen LogP contribution in [0, 0.1) is 11.7 Å². The zero-order valence-electron chi connectivity index (χ0n) is 17.4. The zero-order valence-corrected chi connectivity index (χ0v) is 17.4. The highest BCUT2D eigenvalue weighted by molar-refractivity contribution is 5.91. The van der Waals surface area contributed by atoms with Crippen LogP contribution in [0.25, 0.3) is 10.8 Å². The lowest BCUT2D eigenvalue weighted by Crippen LogP contribution is -2.46. The number of esters is 1. The largest absolute Gasteiger partial charge is 0.456 e. The van der Waals surface area contributed by atoms with Gasteiger partial charge in [-0.3, -0.25) is 4.79 Å². The van der Waals surface area contributed by atoms with E-state index in [1.807, 2.05) is 56.3 Å². The van der Waals surface area contributed by atoms with E-state index in [1.165, 1.54) is 12.1 Å². The highest BCUT2D eigenvalue weighted by atomic mass is 19.1. The van der Waals surface area contributed by atoms with Gasteiger partial charge in [-0.2, -0.15) is 0 Å². The first kappa shape index (κ1) is 21.5. The molecule has 0 aliphatic heterocycles. The number of halogens is 1. The minimum atomic E-state index is -0.768. The number of fused-ring (bicyclic) bond motifs is 1. The van der Waals surface area contributed by atoms with Crippen LogP contribution in [0.1, 0.15) is 38.0 Å². The van der Waals surface area contributed by atoms with E-state index in [9.17, 15) is 14.0 Å². The first-order chi connectivity index (χ1) is 14.3. The maximum Gasteiger partial charge on any atom is 0.329 e. The first-order valence-corrected chi connectivity index (χ1v) is 10.1. The molecule has 0 aromatic heterocycles. The van der Waals surface area contributed by atoms with E-state index in [4.69, 9.17) is 4.74 Å². The average Bonchev–Trinajstić information content (AvgIpc) is 2.72. The minimum absolute atomic E-state index is 0.144. The molecule has 2 atom stereocenters. The van der Waals surface area contributed by atoms with Gasteiger partial charge in [0.15, 0.2) is 0 Å². The van der Waals surface area contributed by atoms with Crippen LogP contribution in [-0.4, -0.2) is 17.9 Å². The summed E-state index contributed by atoms with van der Waals surface area (Å²) in [5.41, 5.74) is 1.59. The quantitative estimate of drug-likeness (QED) is 0.563. The predicted molar refractivity (Wildman–Crippen MR) is 115 cm³/mol. The molecule has 0 fully saturated rings. The molecule has 5 heteroatoms. The van der Waals surface area contributed by atoms with Gasteiger partial charge in [-0.25, -0.2) is 9.18 Å². The number of benzene rings is 3. The highest BCUT2D eigenvalue weighted by Crippen LogP contribution is 2.21. The standard InChI is InChI=1S/C25H26FNO3/c1-16(2)24(25(29)30-17(3)18-11-13-21(26)14-12-18)27-23(28)15-20-9-6-8-19-7-4-5-10-22(19)20/h4-14,16-17,24H,15H2,1-3H3,(H,27,28)/t17-,24-/m0/s1. The molecule has 0 heterocycles.